The smallest absolute Gasteiger partial charge is 0.369 e. The lowest BCUT2D eigenvalue weighted by molar-refractivity contribution is -0.136. The van der Waals surface area contributed by atoms with E-state index in [1.165, 1.54) is 6.07 Å². The SMILES string of the molecule is Cc1ccc(/C=C/c2nc(NCCCN(C)C)c3cccc(C(F)(F)F)c3n2)cc1Cl. The van der Waals surface area contributed by atoms with Crippen LogP contribution in [-0.2, 0) is 6.18 Å². The fourth-order valence-electron chi connectivity index (χ4n) is 3.09. The molecule has 0 aliphatic rings. The van der Waals surface area contributed by atoms with E-state index in [0.717, 1.165) is 30.2 Å². The summed E-state index contributed by atoms with van der Waals surface area (Å²) in [6, 6.07) is 9.56. The molecular weight excluding hydrogens is 425 g/mol. The molecule has 3 rings (SSSR count). The van der Waals surface area contributed by atoms with Crippen LogP contribution in [0.3, 0.4) is 0 Å². The minimum Gasteiger partial charge on any atom is -0.369 e. The molecule has 0 saturated carbocycles. The number of para-hydroxylation sites is 1. The van der Waals surface area contributed by atoms with Crippen LogP contribution in [0.1, 0.15) is 28.9 Å². The Labute approximate surface area is 184 Å². The van der Waals surface area contributed by atoms with Crippen LogP contribution in [0, 0.1) is 6.92 Å². The molecule has 1 aromatic heterocycles. The first-order chi connectivity index (χ1) is 14.6. The molecule has 0 aliphatic carbocycles. The van der Waals surface area contributed by atoms with Crippen LogP contribution >= 0.6 is 11.6 Å². The number of rotatable bonds is 7. The predicted octanol–water partition coefficient (Wildman–Crippen LogP) is 6.14. The Morgan fingerprint density at radius 3 is 2.55 bits per heavy atom. The van der Waals surface area contributed by atoms with E-state index in [9.17, 15) is 13.2 Å². The van der Waals surface area contributed by atoms with Gasteiger partial charge in [0, 0.05) is 17.0 Å². The second-order valence-corrected chi connectivity index (χ2v) is 7.96. The summed E-state index contributed by atoms with van der Waals surface area (Å²) in [6.45, 7) is 3.33. The lowest BCUT2D eigenvalue weighted by Gasteiger charge is -2.14. The van der Waals surface area contributed by atoms with Crippen molar-refractivity contribution in [2.75, 3.05) is 32.5 Å². The van der Waals surface area contributed by atoms with E-state index in [2.05, 4.69) is 15.3 Å². The summed E-state index contributed by atoms with van der Waals surface area (Å²) in [4.78, 5) is 10.7. The van der Waals surface area contributed by atoms with E-state index in [4.69, 9.17) is 11.6 Å². The van der Waals surface area contributed by atoms with Gasteiger partial charge in [-0.3, -0.25) is 0 Å². The third kappa shape index (κ3) is 5.95. The molecule has 4 nitrogen and oxygen atoms in total. The van der Waals surface area contributed by atoms with Gasteiger partial charge >= 0.3 is 6.18 Å². The maximum absolute atomic E-state index is 13.6. The Hall–Kier alpha value is -2.64. The Morgan fingerprint density at radius 2 is 1.87 bits per heavy atom. The zero-order valence-electron chi connectivity index (χ0n) is 17.6. The summed E-state index contributed by atoms with van der Waals surface area (Å²) >= 11 is 6.16. The highest BCUT2D eigenvalue weighted by atomic mass is 35.5. The summed E-state index contributed by atoms with van der Waals surface area (Å²) in [6.07, 6.45) is -0.358. The molecule has 0 unspecified atom stereocenters. The number of fused-ring (bicyclic) bond motifs is 1. The number of hydrogen-bond donors (Lipinski definition) is 1. The zero-order chi connectivity index (χ0) is 22.6. The summed E-state index contributed by atoms with van der Waals surface area (Å²) in [5.74, 6) is 0.576. The molecule has 0 aliphatic heterocycles. The normalized spacial score (nSPS) is 12.3. The molecule has 164 valence electrons. The molecule has 3 aromatic rings. The Bertz CT molecular complexity index is 1090. The molecule has 0 saturated heterocycles. The largest absolute Gasteiger partial charge is 0.418 e. The molecular formula is C23H24ClF3N4. The van der Waals surface area contributed by atoms with Gasteiger partial charge in [0.1, 0.15) is 5.82 Å². The van der Waals surface area contributed by atoms with Crippen molar-refractivity contribution < 1.29 is 13.2 Å². The van der Waals surface area contributed by atoms with E-state index in [1.54, 1.807) is 24.3 Å². The van der Waals surface area contributed by atoms with Gasteiger partial charge in [-0.25, -0.2) is 9.97 Å². The van der Waals surface area contributed by atoms with Crippen LogP contribution < -0.4 is 5.32 Å². The fourth-order valence-corrected chi connectivity index (χ4v) is 3.28. The van der Waals surface area contributed by atoms with Crippen LogP contribution in [0.5, 0.6) is 0 Å². The first-order valence-corrected chi connectivity index (χ1v) is 10.2. The van der Waals surface area contributed by atoms with Crippen molar-refractivity contribution in [1.29, 1.82) is 0 Å². The van der Waals surface area contributed by atoms with Gasteiger partial charge in [-0.05, 0) is 69.4 Å². The average Bonchev–Trinajstić information content (AvgIpc) is 2.70. The average molecular weight is 449 g/mol. The van der Waals surface area contributed by atoms with Gasteiger partial charge in [-0.15, -0.1) is 0 Å². The lowest BCUT2D eigenvalue weighted by Crippen LogP contribution is -2.17. The van der Waals surface area contributed by atoms with Crippen molar-refractivity contribution >= 4 is 40.5 Å². The highest BCUT2D eigenvalue weighted by Crippen LogP contribution is 2.35. The molecule has 0 atom stereocenters. The van der Waals surface area contributed by atoms with E-state index in [-0.39, 0.29) is 11.3 Å². The highest BCUT2D eigenvalue weighted by Gasteiger charge is 2.33. The Kier molecular flexibility index (Phi) is 7.18. The second kappa shape index (κ2) is 9.66. The van der Waals surface area contributed by atoms with E-state index < -0.39 is 11.7 Å². The zero-order valence-corrected chi connectivity index (χ0v) is 18.3. The highest BCUT2D eigenvalue weighted by molar-refractivity contribution is 6.31. The predicted molar refractivity (Wildman–Crippen MR) is 121 cm³/mol. The number of nitrogens with zero attached hydrogens (tertiary/aromatic N) is 3. The van der Waals surface area contributed by atoms with Crippen molar-refractivity contribution in [3.8, 4) is 0 Å². The Morgan fingerprint density at radius 1 is 1.10 bits per heavy atom. The second-order valence-electron chi connectivity index (χ2n) is 7.56. The standard InChI is InChI=1S/C23H24ClF3N4/c1-15-8-9-16(14-19(15)24)10-11-20-29-21-17(6-4-7-18(21)23(25,26)27)22(30-20)28-12-5-13-31(2)3/h4,6-11,14H,5,12-13H2,1-3H3,(H,28,29,30)/b11-10+. The molecule has 1 heterocycles. The molecule has 0 radical (unpaired) electrons. The summed E-state index contributed by atoms with van der Waals surface area (Å²) in [5.41, 5.74) is 0.849. The van der Waals surface area contributed by atoms with Crippen LogP contribution in [0.2, 0.25) is 5.02 Å². The summed E-state index contributed by atoms with van der Waals surface area (Å²) in [5, 5.41) is 4.13. The van der Waals surface area contributed by atoms with Gasteiger partial charge < -0.3 is 10.2 Å². The van der Waals surface area contributed by atoms with Crippen molar-refractivity contribution in [2.45, 2.75) is 19.5 Å². The quantitative estimate of drug-likeness (QED) is 0.440. The van der Waals surface area contributed by atoms with E-state index in [1.807, 2.05) is 38.1 Å². The molecule has 2 aromatic carbocycles. The van der Waals surface area contributed by atoms with Crippen molar-refractivity contribution in [2.24, 2.45) is 0 Å². The molecule has 0 spiro atoms. The monoisotopic (exact) mass is 448 g/mol. The number of alkyl halides is 3. The van der Waals surface area contributed by atoms with Gasteiger partial charge in [-0.1, -0.05) is 35.9 Å². The molecule has 0 fully saturated rings. The van der Waals surface area contributed by atoms with Gasteiger partial charge in [0.25, 0.3) is 0 Å². The number of nitrogens with one attached hydrogen (secondary N) is 1. The molecule has 0 bridgehead atoms. The van der Waals surface area contributed by atoms with Gasteiger partial charge in [0.2, 0.25) is 0 Å². The Balaban J connectivity index is 2.01. The first kappa shape index (κ1) is 23.0. The van der Waals surface area contributed by atoms with Gasteiger partial charge in [0.05, 0.1) is 11.1 Å². The topological polar surface area (TPSA) is 41.1 Å². The third-order valence-corrected chi connectivity index (χ3v) is 5.15. The molecule has 1 N–H and O–H groups in total. The third-order valence-electron chi connectivity index (χ3n) is 4.74. The van der Waals surface area contributed by atoms with Crippen molar-refractivity contribution in [3.05, 3.63) is 63.9 Å². The number of aromatic nitrogens is 2. The minimum absolute atomic E-state index is 0.123. The van der Waals surface area contributed by atoms with Crippen LogP contribution in [0.25, 0.3) is 23.1 Å². The fraction of sp³-hybridized carbons (Fsp3) is 0.304. The minimum atomic E-state index is -4.51. The van der Waals surface area contributed by atoms with Crippen LogP contribution in [-0.4, -0.2) is 42.1 Å². The number of halogens is 4. The van der Waals surface area contributed by atoms with Crippen LogP contribution in [0.4, 0.5) is 19.0 Å². The lowest BCUT2D eigenvalue weighted by atomic mass is 10.1. The van der Waals surface area contributed by atoms with Crippen molar-refractivity contribution in [1.82, 2.24) is 14.9 Å². The number of anilines is 1. The van der Waals surface area contributed by atoms with E-state index in [0.29, 0.717) is 22.8 Å². The maximum Gasteiger partial charge on any atom is 0.418 e. The molecule has 0 amide bonds. The van der Waals surface area contributed by atoms with Gasteiger partial charge in [0.15, 0.2) is 5.82 Å². The summed E-state index contributed by atoms with van der Waals surface area (Å²) in [7, 11) is 3.94. The van der Waals surface area contributed by atoms with Crippen LogP contribution in [0.15, 0.2) is 36.4 Å². The molecule has 8 heteroatoms. The molecule has 31 heavy (non-hydrogen) atoms. The van der Waals surface area contributed by atoms with Crippen molar-refractivity contribution in [3.63, 3.8) is 0 Å². The number of hydrogen-bond acceptors (Lipinski definition) is 4. The van der Waals surface area contributed by atoms with E-state index >= 15 is 0 Å². The first-order valence-electron chi connectivity index (χ1n) is 9.86. The summed E-state index contributed by atoms with van der Waals surface area (Å²) < 4.78 is 40.8. The number of aryl methyl sites for hydroxylation is 1. The van der Waals surface area contributed by atoms with Gasteiger partial charge in [-0.2, -0.15) is 13.2 Å². The number of benzene rings is 2. The maximum atomic E-state index is 13.6.